The average Bonchev–Trinajstić information content (AvgIpc) is 3.30. The number of hydrogen-bond acceptors (Lipinski definition) is 7. The number of amides is 2. The molecule has 46 heavy (non-hydrogen) atoms. The molecule has 0 aromatic heterocycles. The van der Waals surface area contributed by atoms with Gasteiger partial charge in [-0.25, -0.2) is 4.39 Å². The summed E-state index contributed by atoms with van der Waals surface area (Å²) in [5, 5.41) is 35.1. The molecule has 1 aliphatic heterocycles. The van der Waals surface area contributed by atoms with Crippen LogP contribution in [-0.4, -0.2) is 53.6 Å². The Labute approximate surface area is 268 Å². The monoisotopic (exact) mass is 628 g/mol. The largest absolute Gasteiger partial charge is 0.505 e. The molecule has 2 aliphatic rings. The van der Waals surface area contributed by atoms with Crippen molar-refractivity contribution in [1.29, 1.82) is 0 Å². The SMILES string of the molecule is CCC/C(=C\c1ccc(O)c(F)c1)CC[C@@H](O)C1=C(COC)C[C@H]2C(=O)N(c3ccc(Nc4ccccc4)cc3)C(=O)[C@H]2[C@H]1CO. The molecule has 1 heterocycles. The maximum absolute atomic E-state index is 14.0. The van der Waals surface area contributed by atoms with Crippen LogP contribution in [0, 0.1) is 23.6 Å². The fraction of sp³-hybridized carbons (Fsp3) is 0.351. The number of carbonyl (C=O) groups is 2. The van der Waals surface area contributed by atoms with Gasteiger partial charge in [0.15, 0.2) is 11.6 Å². The van der Waals surface area contributed by atoms with Gasteiger partial charge in [0.1, 0.15) is 0 Å². The minimum absolute atomic E-state index is 0.165. The summed E-state index contributed by atoms with van der Waals surface area (Å²) in [6.07, 6.45) is 3.51. The number of nitrogens with zero attached hydrogens (tertiary/aromatic N) is 1. The Bertz CT molecular complexity index is 1600. The van der Waals surface area contributed by atoms with Crippen molar-refractivity contribution in [3.8, 4) is 5.75 Å². The van der Waals surface area contributed by atoms with Crippen LogP contribution in [0.1, 0.15) is 44.6 Å². The van der Waals surface area contributed by atoms with Crippen molar-refractivity contribution in [3.05, 3.63) is 101 Å². The quantitative estimate of drug-likeness (QED) is 0.128. The van der Waals surface area contributed by atoms with Gasteiger partial charge in [0, 0.05) is 24.4 Å². The molecule has 5 rings (SSSR count). The third-order valence-corrected chi connectivity index (χ3v) is 8.90. The summed E-state index contributed by atoms with van der Waals surface area (Å²) in [7, 11) is 1.54. The van der Waals surface area contributed by atoms with Crippen molar-refractivity contribution in [1.82, 2.24) is 0 Å². The maximum Gasteiger partial charge on any atom is 0.238 e. The van der Waals surface area contributed by atoms with Crippen LogP contribution >= 0.6 is 0 Å². The van der Waals surface area contributed by atoms with Crippen LogP contribution in [0.4, 0.5) is 21.5 Å². The van der Waals surface area contributed by atoms with E-state index in [0.29, 0.717) is 29.7 Å². The first-order valence-corrected chi connectivity index (χ1v) is 15.7. The number of nitrogens with one attached hydrogen (secondary N) is 1. The summed E-state index contributed by atoms with van der Waals surface area (Å²) in [6.45, 7) is 1.79. The minimum Gasteiger partial charge on any atom is -0.505 e. The van der Waals surface area contributed by atoms with Crippen LogP contribution in [0.5, 0.6) is 5.75 Å². The Hall–Kier alpha value is -4.31. The number of hydrogen-bond donors (Lipinski definition) is 4. The third-order valence-electron chi connectivity index (χ3n) is 8.90. The van der Waals surface area contributed by atoms with E-state index < -0.39 is 42.0 Å². The van der Waals surface area contributed by atoms with Gasteiger partial charge in [0.25, 0.3) is 0 Å². The summed E-state index contributed by atoms with van der Waals surface area (Å²) < 4.78 is 19.4. The molecule has 0 radical (unpaired) electrons. The van der Waals surface area contributed by atoms with Gasteiger partial charge in [-0.05, 0) is 90.9 Å². The second kappa shape index (κ2) is 14.9. The lowest BCUT2D eigenvalue weighted by molar-refractivity contribution is -0.123. The van der Waals surface area contributed by atoms with Gasteiger partial charge in [-0.3, -0.25) is 14.5 Å². The number of aliphatic hydroxyl groups is 2. The van der Waals surface area contributed by atoms with Crippen LogP contribution in [0.25, 0.3) is 6.08 Å². The smallest absolute Gasteiger partial charge is 0.238 e. The third kappa shape index (κ3) is 7.07. The number of para-hydroxylation sites is 1. The van der Waals surface area contributed by atoms with Gasteiger partial charge >= 0.3 is 0 Å². The van der Waals surface area contributed by atoms with E-state index in [0.717, 1.165) is 35.4 Å². The first-order valence-electron chi connectivity index (χ1n) is 15.7. The lowest BCUT2D eigenvalue weighted by Gasteiger charge is -2.36. The number of fused-ring (bicyclic) bond motifs is 1. The van der Waals surface area contributed by atoms with Crippen LogP contribution < -0.4 is 10.2 Å². The summed E-state index contributed by atoms with van der Waals surface area (Å²) >= 11 is 0. The molecule has 9 heteroatoms. The summed E-state index contributed by atoms with van der Waals surface area (Å²) in [5.74, 6) is -4.06. The van der Waals surface area contributed by atoms with Gasteiger partial charge in [0.2, 0.25) is 11.8 Å². The number of rotatable bonds is 13. The Morgan fingerprint density at radius 2 is 1.76 bits per heavy atom. The predicted octanol–water partition coefficient (Wildman–Crippen LogP) is 6.36. The Morgan fingerprint density at radius 3 is 2.41 bits per heavy atom. The molecule has 0 spiro atoms. The molecule has 3 aromatic carbocycles. The Kier molecular flexibility index (Phi) is 10.7. The zero-order valence-electron chi connectivity index (χ0n) is 26.2. The van der Waals surface area contributed by atoms with E-state index in [1.165, 1.54) is 24.1 Å². The molecule has 0 unspecified atom stereocenters. The van der Waals surface area contributed by atoms with Gasteiger partial charge < -0.3 is 25.4 Å². The van der Waals surface area contributed by atoms with Crippen molar-refractivity contribution < 1.29 is 34.0 Å². The molecule has 4 atom stereocenters. The number of phenolic OH excluding ortho intramolecular Hbond substituents is 1. The lowest BCUT2D eigenvalue weighted by atomic mass is 9.68. The first-order chi connectivity index (χ1) is 22.2. The first kappa shape index (κ1) is 33.1. The van der Waals surface area contributed by atoms with E-state index >= 15 is 0 Å². The number of methoxy groups -OCH3 is 1. The maximum atomic E-state index is 14.0. The lowest BCUT2D eigenvalue weighted by Crippen LogP contribution is -2.39. The van der Waals surface area contributed by atoms with E-state index in [9.17, 15) is 29.3 Å². The average molecular weight is 629 g/mol. The fourth-order valence-corrected chi connectivity index (χ4v) is 6.82. The van der Waals surface area contributed by atoms with Crippen molar-refractivity contribution in [3.63, 3.8) is 0 Å². The topological polar surface area (TPSA) is 119 Å². The number of carbonyl (C=O) groups excluding carboxylic acids is 2. The second-order valence-corrected chi connectivity index (χ2v) is 12.0. The Morgan fingerprint density at radius 1 is 1.04 bits per heavy atom. The van der Waals surface area contributed by atoms with E-state index in [4.69, 9.17) is 4.74 Å². The highest BCUT2D eigenvalue weighted by Crippen LogP contribution is 2.47. The molecule has 3 aromatic rings. The van der Waals surface area contributed by atoms with E-state index in [1.807, 2.05) is 55.5 Å². The van der Waals surface area contributed by atoms with Crippen LogP contribution in [0.2, 0.25) is 0 Å². The molecule has 1 fully saturated rings. The van der Waals surface area contributed by atoms with Crippen LogP contribution in [0.3, 0.4) is 0 Å². The zero-order chi connectivity index (χ0) is 32.8. The molecule has 1 aliphatic carbocycles. The van der Waals surface area contributed by atoms with E-state index in [-0.39, 0.29) is 24.8 Å². The van der Waals surface area contributed by atoms with Gasteiger partial charge in [0.05, 0.1) is 36.8 Å². The normalized spacial score (nSPS) is 20.7. The van der Waals surface area contributed by atoms with Gasteiger partial charge in [-0.1, -0.05) is 49.3 Å². The molecular formula is C37H41FN2O6. The molecule has 242 valence electrons. The molecule has 8 nitrogen and oxygen atoms in total. The molecule has 1 saturated heterocycles. The summed E-state index contributed by atoms with van der Waals surface area (Å²) in [4.78, 5) is 28.9. The number of ether oxygens (including phenoxy) is 1. The van der Waals surface area contributed by atoms with Crippen LogP contribution in [0.15, 0.2) is 89.5 Å². The predicted molar refractivity (Wildman–Crippen MR) is 176 cm³/mol. The number of aromatic hydroxyl groups is 1. The number of aliphatic hydroxyl groups excluding tert-OH is 2. The van der Waals surface area contributed by atoms with Gasteiger partial charge in [-0.2, -0.15) is 0 Å². The van der Waals surface area contributed by atoms with Crippen molar-refractivity contribution >= 4 is 35.0 Å². The highest BCUT2D eigenvalue weighted by molar-refractivity contribution is 6.22. The number of phenols is 1. The number of allylic oxidation sites excluding steroid dienone is 1. The second-order valence-electron chi connectivity index (χ2n) is 12.0. The number of benzene rings is 3. The van der Waals surface area contributed by atoms with Gasteiger partial charge in [-0.15, -0.1) is 0 Å². The zero-order valence-corrected chi connectivity index (χ0v) is 26.2. The highest BCUT2D eigenvalue weighted by Gasteiger charge is 2.55. The van der Waals surface area contributed by atoms with Crippen LogP contribution in [-0.2, 0) is 14.3 Å². The number of anilines is 3. The molecule has 0 saturated carbocycles. The molecule has 4 N–H and O–H groups in total. The minimum atomic E-state index is -0.986. The fourth-order valence-electron chi connectivity index (χ4n) is 6.82. The molecular weight excluding hydrogens is 587 g/mol. The number of imide groups is 1. The Balaban J connectivity index is 1.36. The molecule has 0 bridgehead atoms. The number of halogens is 1. The van der Waals surface area contributed by atoms with Crippen molar-refractivity contribution in [2.75, 3.05) is 30.5 Å². The van der Waals surface area contributed by atoms with Crippen molar-refractivity contribution in [2.45, 2.75) is 45.1 Å². The highest BCUT2D eigenvalue weighted by atomic mass is 19.1. The standard InChI is InChI=1S/C37H41FN2O6/c1-3-7-23(18-24-11-16-32(42)31(38)19-24)10-17-33(43)34-25(22-46-2)20-29-35(30(34)21-41)37(45)40(36(29)44)28-14-12-27(13-15-28)39-26-8-5-4-6-9-26/h4-6,8-9,11-16,18-19,29-30,33,35,39,41-43H,3,7,10,17,20-22H2,1-2H3/b23-18+/t29-,30+,33-,35-/m1/s1. The summed E-state index contributed by atoms with van der Waals surface area (Å²) in [5.41, 5.74) is 5.06. The molecule has 2 amide bonds. The summed E-state index contributed by atoms with van der Waals surface area (Å²) in [6, 6.07) is 21.0. The van der Waals surface area contributed by atoms with E-state index in [2.05, 4.69) is 5.32 Å². The van der Waals surface area contributed by atoms with E-state index in [1.54, 1.807) is 18.2 Å². The van der Waals surface area contributed by atoms with Crippen molar-refractivity contribution in [2.24, 2.45) is 17.8 Å².